The van der Waals surface area contributed by atoms with Crippen molar-refractivity contribution in [2.45, 2.75) is 71.1 Å². The van der Waals surface area contributed by atoms with Crippen LogP contribution in [0.1, 0.15) is 64.2 Å². The van der Waals surface area contributed by atoms with Gasteiger partial charge in [0.2, 0.25) is 5.96 Å². The van der Waals surface area contributed by atoms with Crippen LogP contribution in [0.25, 0.3) is 11.1 Å². The smallest absolute Gasteiger partial charge is 0.437 e. The number of aliphatic imine (C=N–C) groups is 1. The number of fused-ring (bicyclic) bond motifs is 3. The highest BCUT2D eigenvalue weighted by molar-refractivity contribution is 6.15. The molecule has 0 bridgehead atoms. The summed E-state index contributed by atoms with van der Waals surface area (Å²) in [7, 11) is 0. The minimum absolute atomic E-state index is 0.0354. The van der Waals surface area contributed by atoms with Crippen LogP contribution in [0.2, 0.25) is 0 Å². The van der Waals surface area contributed by atoms with Gasteiger partial charge >= 0.3 is 24.2 Å². The topological polar surface area (TPSA) is 170 Å². The third-order valence-electron chi connectivity index (χ3n) is 6.97. The van der Waals surface area contributed by atoms with E-state index in [9.17, 15) is 24.3 Å². The van der Waals surface area contributed by atoms with E-state index in [0.717, 1.165) is 27.2 Å². The van der Waals surface area contributed by atoms with E-state index in [0.29, 0.717) is 5.56 Å². The predicted octanol–water partition coefficient (Wildman–Crippen LogP) is 6.21. The average Bonchev–Trinajstić information content (AvgIpc) is 3.28. The molecule has 12 heteroatoms. The lowest BCUT2D eigenvalue weighted by atomic mass is 9.98. The number of nitrogens with one attached hydrogen (secondary N) is 1. The molecule has 0 saturated heterocycles. The van der Waals surface area contributed by atoms with Gasteiger partial charge in [-0.2, -0.15) is 0 Å². The van der Waals surface area contributed by atoms with Crippen LogP contribution >= 0.6 is 0 Å². The predicted molar refractivity (Wildman–Crippen MR) is 176 cm³/mol. The number of anilines is 1. The van der Waals surface area contributed by atoms with Crippen molar-refractivity contribution < 1.29 is 38.5 Å². The van der Waals surface area contributed by atoms with E-state index in [4.69, 9.17) is 19.9 Å². The first kappa shape index (κ1) is 34.5. The second-order valence-electron chi connectivity index (χ2n) is 13.0. The van der Waals surface area contributed by atoms with Gasteiger partial charge in [-0.15, -0.1) is 4.99 Å². The summed E-state index contributed by atoms with van der Waals surface area (Å²) in [5.41, 5.74) is 9.28. The standard InChI is InChI=1S/C35H40N4O8/c1-34(2,3)46-32(43)38-30(36)39(33(44)47-35(4,5)6)22-17-15-21(16-18-22)19-28(29(40)41)37-31(42)45-20-27-25-13-9-7-11-23(25)24-12-8-10-14-26(24)27/h7-18,27-28H,19-20H2,1-6H3,(H,37,42)(H,40,41)(H2,36,38,43)/t28-/m0/s1. The van der Waals surface area contributed by atoms with Crippen LogP contribution in [0.3, 0.4) is 0 Å². The molecule has 0 spiro atoms. The summed E-state index contributed by atoms with van der Waals surface area (Å²) in [6, 6.07) is 20.6. The van der Waals surface area contributed by atoms with E-state index in [1.807, 2.05) is 48.5 Å². The summed E-state index contributed by atoms with van der Waals surface area (Å²) >= 11 is 0. The molecule has 0 aromatic heterocycles. The van der Waals surface area contributed by atoms with Gasteiger partial charge < -0.3 is 30.4 Å². The molecule has 3 amide bonds. The lowest BCUT2D eigenvalue weighted by Gasteiger charge is -2.27. The van der Waals surface area contributed by atoms with Gasteiger partial charge in [0.1, 0.15) is 23.9 Å². The first-order valence-corrected chi connectivity index (χ1v) is 15.1. The lowest BCUT2D eigenvalue weighted by Crippen LogP contribution is -2.45. The fourth-order valence-corrected chi connectivity index (χ4v) is 5.07. The monoisotopic (exact) mass is 644 g/mol. The number of alkyl carbamates (subject to hydrolysis) is 1. The van der Waals surface area contributed by atoms with E-state index in [1.165, 1.54) is 12.1 Å². The van der Waals surface area contributed by atoms with E-state index in [-0.39, 0.29) is 24.6 Å². The molecule has 0 unspecified atom stereocenters. The molecule has 12 nitrogen and oxygen atoms in total. The number of nitrogens with zero attached hydrogens (tertiary/aromatic N) is 2. The normalized spacial score (nSPS) is 13.5. The van der Waals surface area contributed by atoms with Crippen LogP contribution in [0.5, 0.6) is 0 Å². The second kappa shape index (κ2) is 13.9. The number of ether oxygens (including phenoxy) is 3. The van der Waals surface area contributed by atoms with Crippen molar-refractivity contribution in [1.29, 1.82) is 0 Å². The van der Waals surface area contributed by atoms with Crippen molar-refractivity contribution in [1.82, 2.24) is 5.32 Å². The summed E-state index contributed by atoms with van der Waals surface area (Å²) < 4.78 is 16.2. The largest absolute Gasteiger partial charge is 0.480 e. The Morgan fingerprint density at radius 2 is 1.38 bits per heavy atom. The zero-order valence-electron chi connectivity index (χ0n) is 27.3. The van der Waals surface area contributed by atoms with Crippen LogP contribution in [0.4, 0.5) is 20.1 Å². The zero-order valence-corrected chi connectivity index (χ0v) is 27.3. The van der Waals surface area contributed by atoms with Crippen molar-refractivity contribution in [2.75, 3.05) is 11.5 Å². The average molecular weight is 645 g/mol. The van der Waals surface area contributed by atoms with Crippen LogP contribution in [-0.4, -0.2) is 59.2 Å². The number of aliphatic carboxylic acids is 1. The van der Waals surface area contributed by atoms with Gasteiger partial charge in [0.15, 0.2) is 0 Å². The number of benzene rings is 3. The van der Waals surface area contributed by atoms with Crippen molar-refractivity contribution in [3.8, 4) is 11.1 Å². The van der Waals surface area contributed by atoms with Gasteiger partial charge in [0, 0.05) is 12.3 Å². The van der Waals surface area contributed by atoms with Gasteiger partial charge in [-0.1, -0.05) is 60.7 Å². The quantitative estimate of drug-likeness (QED) is 0.154. The molecule has 47 heavy (non-hydrogen) atoms. The number of amides is 3. The molecule has 0 radical (unpaired) electrons. The number of carbonyl (C=O) groups excluding carboxylic acids is 3. The molecule has 0 saturated carbocycles. The van der Waals surface area contributed by atoms with Crippen molar-refractivity contribution in [2.24, 2.45) is 10.7 Å². The molecule has 1 atom stereocenters. The second-order valence-corrected chi connectivity index (χ2v) is 13.0. The fraction of sp³-hybridized carbons (Fsp3) is 0.343. The van der Waals surface area contributed by atoms with Crippen molar-refractivity contribution >= 4 is 35.9 Å². The Hall–Kier alpha value is -5.39. The molecule has 0 heterocycles. The van der Waals surface area contributed by atoms with E-state index < -0.39 is 47.5 Å². The van der Waals surface area contributed by atoms with Gasteiger partial charge in [0.25, 0.3) is 0 Å². The minimum Gasteiger partial charge on any atom is -0.480 e. The molecule has 4 N–H and O–H groups in total. The van der Waals surface area contributed by atoms with E-state index in [1.54, 1.807) is 53.7 Å². The fourth-order valence-electron chi connectivity index (χ4n) is 5.07. The number of hydrogen-bond donors (Lipinski definition) is 3. The number of rotatable bonds is 7. The molecule has 0 fully saturated rings. The molecule has 0 aliphatic heterocycles. The molecule has 248 valence electrons. The summed E-state index contributed by atoms with van der Waals surface area (Å²) in [6.07, 6.45) is -2.84. The number of nitrogens with two attached hydrogens (primary N) is 1. The molecule has 1 aliphatic rings. The molecule has 1 aliphatic carbocycles. The minimum atomic E-state index is -1.31. The summed E-state index contributed by atoms with van der Waals surface area (Å²) in [5.74, 6) is -1.92. The number of carboxylic acids is 1. The van der Waals surface area contributed by atoms with Crippen molar-refractivity contribution in [3.63, 3.8) is 0 Å². The first-order chi connectivity index (χ1) is 22.0. The maximum absolute atomic E-state index is 13.1. The Kier molecular flexibility index (Phi) is 10.2. The van der Waals surface area contributed by atoms with E-state index in [2.05, 4.69) is 10.3 Å². The van der Waals surface area contributed by atoms with Crippen LogP contribution in [-0.2, 0) is 25.4 Å². The Labute approximate surface area is 273 Å². The third-order valence-corrected chi connectivity index (χ3v) is 6.97. The van der Waals surface area contributed by atoms with Crippen LogP contribution in [0, 0.1) is 0 Å². The Balaban J connectivity index is 1.45. The number of guanidine groups is 1. The van der Waals surface area contributed by atoms with Gasteiger partial charge in [0.05, 0.1) is 5.69 Å². The zero-order chi connectivity index (χ0) is 34.5. The maximum atomic E-state index is 13.1. The van der Waals surface area contributed by atoms with Crippen LogP contribution in [0.15, 0.2) is 77.8 Å². The Bertz CT molecular complexity index is 1630. The van der Waals surface area contributed by atoms with E-state index >= 15 is 0 Å². The Morgan fingerprint density at radius 3 is 1.89 bits per heavy atom. The van der Waals surface area contributed by atoms with Gasteiger partial charge in [-0.25, -0.2) is 24.1 Å². The number of hydrogen-bond acceptors (Lipinski definition) is 7. The highest BCUT2D eigenvalue weighted by atomic mass is 16.6. The highest BCUT2D eigenvalue weighted by Gasteiger charge is 2.31. The summed E-state index contributed by atoms with van der Waals surface area (Å²) in [6.45, 7) is 10.0. The summed E-state index contributed by atoms with van der Waals surface area (Å²) in [4.78, 5) is 54.9. The first-order valence-electron chi connectivity index (χ1n) is 15.1. The molecular weight excluding hydrogens is 604 g/mol. The summed E-state index contributed by atoms with van der Waals surface area (Å²) in [5, 5.41) is 12.3. The van der Waals surface area contributed by atoms with Crippen molar-refractivity contribution in [3.05, 3.63) is 89.5 Å². The molecule has 3 aromatic rings. The maximum Gasteiger partial charge on any atom is 0.437 e. The number of carbonyl (C=O) groups is 4. The number of carboxylic acid groups (broad SMARTS) is 1. The SMILES string of the molecule is CC(C)(C)OC(=O)/N=C(\N)N(C(=O)OC(C)(C)C)c1ccc(C[C@H](NC(=O)OCC2c3ccccc3-c3ccccc32)C(=O)O)cc1. The third kappa shape index (κ3) is 9.09. The van der Waals surface area contributed by atoms with Gasteiger partial charge in [-0.3, -0.25) is 0 Å². The van der Waals surface area contributed by atoms with Crippen LogP contribution < -0.4 is 16.0 Å². The Morgan fingerprint density at radius 1 is 0.851 bits per heavy atom. The molecule has 4 rings (SSSR count). The molecule has 3 aromatic carbocycles. The molecular formula is C35H40N4O8. The highest BCUT2D eigenvalue weighted by Crippen LogP contribution is 2.44. The lowest BCUT2D eigenvalue weighted by molar-refractivity contribution is -0.139. The van der Waals surface area contributed by atoms with Gasteiger partial charge in [-0.05, 0) is 81.5 Å².